The summed E-state index contributed by atoms with van der Waals surface area (Å²) >= 11 is 0. The molecule has 0 fully saturated rings. The van der Waals surface area contributed by atoms with Crippen LogP contribution in [0, 0.1) is 0 Å². The molecule has 0 bridgehead atoms. The Morgan fingerprint density at radius 1 is 1.00 bits per heavy atom. The van der Waals surface area contributed by atoms with Crippen LogP contribution in [0.15, 0.2) is 48.5 Å². The lowest BCUT2D eigenvalue weighted by Gasteiger charge is -2.05. The SMILES string of the molecule is O=C(O)Cc1ccc(-c2ccccc2)cc1O. The number of phenolic OH excluding ortho intramolecular Hbond substituents is 1. The van der Waals surface area contributed by atoms with Crippen molar-refractivity contribution in [3.63, 3.8) is 0 Å². The minimum absolute atomic E-state index is 0.0220. The molecule has 17 heavy (non-hydrogen) atoms. The van der Waals surface area contributed by atoms with Gasteiger partial charge in [-0.3, -0.25) is 4.79 Å². The molecule has 2 aromatic rings. The minimum Gasteiger partial charge on any atom is -0.508 e. The van der Waals surface area contributed by atoms with Gasteiger partial charge in [-0.25, -0.2) is 0 Å². The van der Waals surface area contributed by atoms with Gasteiger partial charge in [0.25, 0.3) is 0 Å². The lowest BCUT2D eigenvalue weighted by Crippen LogP contribution is -2.00. The lowest BCUT2D eigenvalue weighted by atomic mass is 10.0. The van der Waals surface area contributed by atoms with Crippen molar-refractivity contribution in [1.82, 2.24) is 0 Å². The molecule has 0 spiro atoms. The van der Waals surface area contributed by atoms with Crippen molar-refractivity contribution < 1.29 is 15.0 Å². The van der Waals surface area contributed by atoms with Crippen molar-refractivity contribution in [3.05, 3.63) is 54.1 Å². The van der Waals surface area contributed by atoms with Crippen LogP contribution in [0.2, 0.25) is 0 Å². The topological polar surface area (TPSA) is 57.5 Å². The van der Waals surface area contributed by atoms with E-state index in [9.17, 15) is 9.90 Å². The van der Waals surface area contributed by atoms with E-state index in [-0.39, 0.29) is 12.2 Å². The monoisotopic (exact) mass is 228 g/mol. The maximum Gasteiger partial charge on any atom is 0.307 e. The average Bonchev–Trinajstić information content (AvgIpc) is 2.32. The fourth-order valence-corrected chi connectivity index (χ4v) is 1.69. The van der Waals surface area contributed by atoms with E-state index in [2.05, 4.69) is 0 Å². The van der Waals surface area contributed by atoms with Crippen molar-refractivity contribution in [3.8, 4) is 16.9 Å². The number of hydrogen-bond acceptors (Lipinski definition) is 2. The van der Waals surface area contributed by atoms with Crippen LogP contribution in [0.5, 0.6) is 5.75 Å². The summed E-state index contributed by atoms with van der Waals surface area (Å²) in [6.45, 7) is 0. The summed E-state index contributed by atoms with van der Waals surface area (Å²) in [7, 11) is 0. The van der Waals surface area contributed by atoms with Crippen LogP contribution in [0.25, 0.3) is 11.1 Å². The Morgan fingerprint density at radius 2 is 1.71 bits per heavy atom. The molecule has 0 amide bonds. The van der Waals surface area contributed by atoms with Crippen molar-refractivity contribution in [2.75, 3.05) is 0 Å². The van der Waals surface area contributed by atoms with Gasteiger partial charge < -0.3 is 10.2 Å². The van der Waals surface area contributed by atoms with Crippen LogP contribution in [-0.4, -0.2) is 16.2 Å². The number of carbonyl (C=O) groups is 1. The van der Waals surface area contributed by atoms with E-state index in [1.54, 1.807) is 12.1 Å². The van der Waals surface area contributed by atoms with Gasteiger partial charge in [-0.1, -0.05) is 42.5 Å². The molecule has 0 aromatic heterocycles. The van der Waals surface area contributed by atoms with E-state index in [1.807, 2.05) is 36.4 Å². The molecule has 0 aliphatic rings. The fourth-order valence-electron chi connectivity index (χ4n) is 1.69. The summed E-state index contributed by atoms with van der Waals surface area (Å²) in [5.41, 5.74) is 2.29. The number of benzene rings is 2. The van der Waals surface area contributed by atoms with Gasteiger partial charge in [0.2, 0.25) is 0 Å². The zero-order valence-electron chi connectivity index (χ0n) is 9.13. The molecule has 0 saturated carbocycles. The molecule has 3 nitrogen and oxygen atoms in total. The normalized spacial score (nSPS) is 10.1. The van der Waals surface area contributed by atoms with Gasteiger partial charge in [-0.15, -0.1) is 0 Å². The smallest absolute Gasteiger partial charge is 0.307 e. The summed E-state index contributed by atoms with van der Waals surface area (Å²) in [5.74, 6) is -0.929. The Hall–Kier alpha value is -2.29. The molecular formula is C14H12O3. The first-order chi connectivity index (χ1) is 8.16. The largest absolute Gasteiger partial charge is 0.508 e. The fraction of sp³-hybridized carbons (Fsp3) is 0.0714. The first-order valence-electron chi connectivity index (χ1n) is 5.26. The number of rotatable bonds is 3. The second-order valence-corrected chi connectivity index (χ2v) is 3.78. The molecule has 86 valence electrons. The summed E-state index contributed by atoms with van der Waals surface area (Å²) in [4.78, 5) is 10.6. The summed E-state index contributed by atoms with van der Waals surface area (Å²) < 4.78 is 0. The predicted molar refractivity (Wildman–Crippen MR) is 64.9 cm³/mol. The summed E-state index contributed by atoms with van der Waals surface area (Å²) in [6, 6.07) is 14.7. The maximum absolute atomic E-state index is 10.6. The van der Waals surface area contributed by atoms with Gasteiger partial charge in [-0.05, 0) is 17.2 Å². The molecule has 2 N–H and O–H groups in total. The van der Waals surface area contributed by atoms with Crippen molar-refractivity contribution >= 4 is 5.97 Å². The van der Waals surface area contributed by atoms with Crippen LogP contribution < -0.4 is 0 Å². The van der Waals surface area contributed by atoms with Gasteiger partial charge in [0, 0.05) is 5.56 Å². The number of carboxylic acids is 1. The molecule has 0 radical (unpaired) electrons. The van der Waals surface area contributed by atoms with Crippen LogP contribution in [0.1, 0.15) is 5.56 Å². The zero-order valence-corrected chi connectivity index (χ0v) is 9.13. The van der Waals surface area contributed by atoms with E-state index >= 15 is 0 Å². The third-order valence-corrected chi connectivity index (χ3v) is 2.53. The summed E-state index contributed by atoms with van der Waals surface area (Å²) in [6.07, 6.45) is -0.166. The minimum atomic E-state index is -0.951. The third kappa shape index (κ3) is 2.64. The number of aliphatic carboxylic acids is 1. The highest BCUT2D eigenvalue weighted by Gasteiger charge is 2.07. The predicted octanol–water partition coefficient (Wildman–Crippen LogP) is 2.69. The molecule has 0 saturated heterocycles. The van der Waals surface area contributed by atoms with Crippen LogP contribution in [-0.2, 0) is 11.2 Å². The number of aromatic hydroxyl groups is 1. The van der Waals surface area contributed by atoms with E-state index in [0.29, 0.717) is 5.56 Å². The maximum atomic E-state index is 10.6. The number of phenols is 1. The van der Waals surface area contributed by atoms with Crippen molar-refractivity contribution in [2.45, 2.75) is 6.42 Å². The average molecular weight is 228 g/mol. The quantitative estimate of drug-likeness (QED) is 0.849. The van der Waals surface area contributed by atoms with Gasteiger partial charge in [-0.2, -0.15) is 0 Å². The van der Waals surface area contributed by atoms with Crippen molar-refractivity contribution in [2.24, 2.45) is 0 Å². The zero-order chi connectivity index (χ0) is 12.3. The van der Waals surface area contributed by atoms with Crippen LogP contribution in [0.4, 0.5) is 0 Å². The third-order valence-electron chi connectivity index (χ3n) is 2.53. The summed E-state index contributed by atoms with van der Waals surface area (Å²) in [5, 5.41) is 18.4. The molecular weight excluding hydrogens is 216 g/mol. The highest BCUT2D eigenvalue weighted by molar-refractivity contribution is 5.73. The van der Waals surface area contributed by atoms with E-state index < -0.39 is 5.97 Å². The Labute approximate surface area is 99.0 Å². The molecule has 2 rings (SSSR count). The molecule has 0 atom stereocenters. The molecule has 2 aromatic carbocycles. The van der Waals surface area contributed by atoms with E-state index in [4.69, 9.17) is 5.11 Å². The van der Waals surface area contributed by atoms with Gasteiger partial charge in [0.1, 0.15) is 5.75 Å². The second kappa shape index (κ2) is 4.70. The van der Waals surface area contributed by atoms with Gasteiger partial charge >= 0.3 is 5.97 Å². The van der Waals surface area contributed by atoms with Crippen LogP contribution >= 0.6 is 0 Å². The molecule has 0 aliphatic carbocycles. The highest BCUT2D eigenvalue weighted by Crippen LogP contribution is 2.26. The standard InChI is InChI=1S/C14H12O3/c15-13-8-11(10-4-2-1-3-5-10)6-7-12(13)9-14(16)17/h1-8,15H,9H2,(H,16,17). The lowest BCUT2D eigenvalue weighted by molar-refractivity contribution is -0.136. The molecule has 0 heterocycles. The number of carboxylic acid groups (broad SMARTS) is 1. The Kier molecular flexibility index (Phi) is 3.10. The second-order valence-electron chi connectivity index (χ2n) is 3.78. The molecule has 0 aliphatic heterocycles. The first-order valence-corrected chi connectivity index (χ1v) is 5.26. The van der Waals surface area contributed by atoms with Gasteiger partial charge in [0.05, 0.1) is 6.42 Å². The first kappa shape index (κ1) is 11.2. The van der Waals surface area contributed by atoms with Gasteiger partial charge in [0.15, 0.2) is 0 Å². The van der Waals surface area contributed by atoms with E-state index in [1.165, 1.54) is 0 Å². The number of hydrogen-bond donors (Lipinski definition) is 2. The Balaban J connectivity index is 2.34. The van der Waals surface area contributed by atoms with Crippen LogP contribution in [0.3, 0.4) is 0 Å². The highest BCUT2D eigenvalue weighted by atomic mass is 16.4. The Bertz CT molecular complexity index is 532. The molecule has 0 unspecified atom stereocenters. The van der Waals surface area contributed by atoms with Crippen molar-refractivity contribution in [1.29, 1.82) is 0 Å². The Morgan fingerprint density at radius 3 is 2.29 bits per heavy atom. The molecule has 3 heteroatoms. The van der Waals surface area contributed by atoms with E-state index in [0.717, 1.165) is 11.1 Å².